The van der Waals surface area contributed by atoms with Gasteiger partial charge in [0.1, 0.15) is 11.5 Å². The van der Waals surface area contributed by atoms with Crippen molar-refractivity contribution in [1.29, 1.82) is 0 Å². The molecule has 0 saturated heterocycles. The summed E-state index contributed by atoms with van der Waals surface area (Å²) in [4.78, 5) is 26.9. The smallest absolute Gasteiger partial charge is 0.278 e. The average Bonchev–Trinajstić information content (AvgIpc) is 2.80. The standard InChI is InChI=1S/C26H22FN3O2/c1-18-16-24(31)25(28-30(18)23-11-7-6-10-22(23)27)26(32)29(2)17-19-12-14-21(15-13-19)20-8-4-3-5-9-20/h3-16H,17H2,1-2H3. The minimum absolute atomic E-state index is 0.179. The number of carbonyl (C=O) groups excluding carboxylic acids is 1. The van der Waals surface area contributed by atoms with Gasteiger partial charge in [-0.2, -0.15) is 5.10 Å². The van der Waals surface area contributed by atoms with Crippen LogP contribution in [-0.4, -0.2) is 27.6 Å². The Morgan fingerprint density at radius 1 is 0.938 bits per heavy atom. The van der Waals surface area contributed by atoms with Crippen molar-refractivity contribution in [3.63, 3.8) is 0 Å². The van der Waals surface area contributed by atoms with E-state index in [1.54, 1.807) is 32.2 Å². The molecule has 0 radical (unpaired) electrons. The molecular formula is C26H22FN3O2. The van der Waals surface area contributed by atoms with E-state index in [0.717, 1.165) is 16.7 Å². The second kappa shape index (κ2) is 8.98. The molecule has 0 saturated carbocycles. The van der Waals surface area contributed by atoms with Crippen molar-refractivity contribution >= 4 is 5.91 Å². The first-order chi connectivity index (χ1) is 15.4. The van der Waals surface area contributed by atoms with Crippen molar-refractivity contribution in [2.24, 2.45) is 0 Å². The molecule has 1 aromatic heterocycles. The molecule has 4 rings (SSSR count). The van der Waals surface area contributed by atoms with E-state index in [1.165, 1.54) is 21.7 Å². The molecule has 6 heteroatoms. The lowest BCUT2D eigenvalue weighted by Crippen LogP contribution is -2.33. The highest BCUT2D eigenvalue weighted by Gasteiger charge is 2.20. The summed E-state index contributed by atoms with van der Waals surface area (Å²) in [7, 11) is 1.61. The molecule has 160 valence electrons. The number of hydrogen-bond donors (Lipinski definition) is 0. The Hall–Kier alpha value is -4.06. The number of amides is 1. The van der Waals surface area contributed by atoms with Crippen molar-refractivity contribution in [2.45, 2.75) is 13.5 Å². The second-order valence-electron chi connectivity index (χ2n) is 7.59. The third kappa shape index (κ3) is 4.34. The van der Waals surface area contributed by atoms with E-state index in [4.69, 9.17) is 0 Å². The van der Waals surface area contributed by atoms with Crippen LogP contribution >= 0.6 is 0 Å². The molecule has 0 aliphatic heterocycles. The largest absolute Gasteiger partial charge is 0.336 e. The zero-order chi connectivity index (χ0) is 22.7. The Labute approximate surface area is 185 Å². The number of nitrogens with zero attached hydrogens (tertiary/aromatic N) is 3. The first-order valence-corrected chi connectivity index (χ1v) is 10.2. The van der Waals surface area contributed by atoms with Crippen LogP contribution in [0.5, 0.6) is 0 Å². The van der Waals surface area contributed by atoms with Gasteiger partial charge in [0.15, 0.2) is 5.69 Å². The van der Waals surface area contributed by atoms with E-state index in [9.17, 15) is 14.0 Å². The predicted octanol–water partition coefficient (Wildman–Crippen LogP) is 4.62. The summed E-state index contributed by atoms with van der Waals surface area (Å²) in [5.74, 6) is -1.01. The van der Waals surface area contributed by atoms with E-state index >= 15 is 0 Å². The fourth-order valence-electron chi connectivity index (χ4n) is 3.52. The van der Waals surface area contributed by atoms with Crippen LogP contribution in [-0.2, 0) is 6.54 Å². The maximum absolute atomic E-state index is 14.3. The van der Waals surface area contributed by atoms with Crippen molar-refractivity contribution in [3.05, 3.63) is 118 Å². The lowest BCUT2D eigenvalue weighted by Gasteiger charge is -2.18. The van der Waals surface area contributed by atoms with Crippen LogP contribution in [0.3, 0.4) is 0 Å². The van der Waals surface area contributed by atoms with Crippen LogP contribution in [0.15, 0.2) is 89.7 Å². The van der Waals surface area contributed by atoms with Gasteiger partial charge in [-0.05, 0) is 35.7 Å². The van der Waals surface area contributed by atoms with Gasteiger partial charge in [-0.25, -0.2) is 9.07 Å². The summed E-state index contributed by atoms with van der Waals surface area (Å²) in [6.07, 6.45) is 0. The number of carbonyl (C=O) groups is 1. The summed E-state index contributed by atoms with van der Waals surface area (Å²) >= 11 is 0. The predicted molar refractivity (Wildman–Crippen MR) is 122 cm³/mol. The molecule has 3 aromatic carbocycles. The van der Waals surface area contributed by atoms with E-state index in [-0.39, 0.29) is 11.4 Å². The van der Waals surface area contributed by atoms with Crippen LogP contribution in [0.1, 0.15) is 21.7 Å². The molecule has 4 aromatic rings. The molecule has 0 aliphatic carbocycles. The van der Waals surface area contributed by atoms with Gasteiger partial charge in [-0.1, -0.05) is 66.7 Å². The maximum atomic E-state index is 14.3. The molecule has 0 atom stereocenters. The lowest BCUT2D eigenvalue weighted by atomic mass is 10.0. The summed E-state index contributed by atoms with van der Waals surface area (Å²) in [6, 6.07) is 25.3. The monoisotopic (exact) mass is 427 g/mol. The number of rotatable bonds is 5. The first-order valence-electron chi connectivity index (χ1n) is 10.2. The van der Waals surface area contributed by atoms with Crippen LogP contribution in [0.25, 0.3) is 16.8 Å². The third-order valence-electron chi connectivity index (χ3n) is 5.22. The van der Waals surface area contributed by atoms with Crippen LogP contribution < -0.4 is 5.43 Å². The van der Waals surface area contributed by atoms with Gasteiger partial charge in [0, 0.05) is 25.4 Å². The van der Waals surface area contributed by atoms with E-state index in [2.05, 4.69) is 5.10 Å². The SMILES string of the molecule is Cc1cc(=O)c(C(=O)N(C)Cc2ccc(-c3ccccc3)cc2)nn1-c1ccccc1F. The number of benzene rings is 3. The summed E-state index contributed by atoms with van der Waals surface area (Å²) in [6.45, 7) is 1.95. The van der Waals surface area contributed by atoms with E-state index in [1.807, 2.05) is 54.6 Å². The van der Waals surface area contributed by atoms with Gasteiger partial charge in [0.2, 0.25) is 5.43 Å². The highest BCUT2D eigenvalue weighted by molar-refractivity contribution is 5.91. The Morgan fingerprint density at radius 3 is 2.25 bits per heavy atom. The topological polar surface area (TPSA) is 55.2 Å². The molecule has 0 bridgehead atoms. The number of hydrogen-bond acceptors (Lipinski definition) is 3. The second-order valence-corrected chi connectivity index (χ2v) is 7.59. The molecule has 0 aliphatic rings. The Balaban J connectivity index is 1.57. The Bertz CT molecular complexity index is 1320. The van der Waals surface area contributed by atoms with Crippen molar-refractivity contribution in [1.82, 2.24) is 14.7 Å². The molecule has 1 heterocycles. The van der Waals surface area contributed by atoms with Gasteiger partial charge in [-0.15, -0.1) is 0 Å². The molecule has 0 spiro atoms. The normalized spacial score (nSPS) is 10.7. The molecule has 0 unspecified atom stereocenters. The Kier molecular flexibility index (Phi) is 5.94. The van der Waals surface area contributed by atoms with Crippen molar-refractivity contribution in [3.8, 4) is 16.8 Å². The molecule has 32 heavy (non-hydrogen) atoms. The third-order valence-corrected chi connectivity index (χ3v) is 5.22. The zero-order valence-corrected chi connectivity index (χ0v) is 17.8. The number of aryl methyl sites for hydroxylation is 1. The number of halogens is 1. The van der Waals surface area contributed by atoms with Gasteiger partial charge in [0.25, 0.3) is 5.91 Å². The van der Waals surface area contributed by atoms with Crippen molar-refractivity contribution in [2.75, 3.05) is 7.05 Å². The molecule has 1 amide bonds. The fraction of sp³-hybridized carbons (Fsp3) is 0.115. The van der Waals surface area contributed by atoms with E-state index in [0.29, 0.717) is 12.2 Å². The molecule has 0 fully saturated rings. The van der Waals surface area contributed by atoms with Gasteiger partial charge < -0.3 is 4.90 Å². The van der Waals surface area contributed by atoms with Gasteiger partial charge in [-0.3, -0.25) is 9.59 Å². The van der Waals surface area contributed by atoms with Gasteiger partial charge >= 0.3 is 0 Å². The summed E-state index contributed by atoms with van der Waals surface area (Å²) in [5.41, 5.74) is 2.99. The summed E-state index contributed by atoms with van der Waals surface area (Å²) < 4.78 is 15.5. The first kappa shape index (κ1) is 21.2. The van der Waals surface area contributed by atoms with Crippen LogP contribution in [0.4, 0.5) is 4.39 Å². The Morgan fingerprint density at radius 2 is 1.56 bits per heavy atom. The maximum Gasteiger partial charge on any atom is 0.278 e. The number of para-hydroxylation sites is 1. The van der Waals surface area contributed by atoms with E-state index < -0.39 is 17.2 Å². The zero-order valence-electron chi connectivity index (χ0n) is 17.8. The molecule has 0 N–H and O–H groups in total. The lowest BCUT2D eigenvalue weighted by molar-refractivity contribution is 0.0776. The van der Waals surface area contributed by atoms with Crippen molar-refractivity contribution < 1.29 is 9.18 Å². The highest BCUT2D eigenvalue weighted by atomic mass is 19.1. The highest BCUT2D eigenvalue weighted by Crippen LogP contribution is 2.20. The molecule has 5 nitrogen and oxygen atoms in total. The van der Waals surface area contributed by atoms with Gasteiger partial charge in [0.05, 0.1) is 0 Å². The van der Waals surface area contributed by atoms with Crippen LogP contribution in [0.2, 0.25) is 0 Å². The average molecular weight is 427 g/mol. The fourth-order valence-corrected chi connectivity index (χ4v) is 3.52. The summed E-state index contributed by atoms with van der Waals surface area (Å²) in [5, 5.41) is 4.19. The quantitative estimate of drug-likeness (QED) is 0.467. The molecular weight excluding hydrogens is 405 g/mol. The van der Waals surface area contributed by atoms with Crippen LogP contribution in [0, 0.1) is 12.7 Å². The minimum atomic E-state index is -0.521. The minimum Gasteiger partial charge on any atom is -0.336 e. The number of aromatic nitrogens is 2.